The number of aromatic amines is 1. The number of hydrogen-bond acceptors (Lipinski definition) is 3. The van der Waals surface area contributed by atoms with Crippen LogP contribution in [0.3, 0.4) is 0 Å². The maximum absolute atomic E-state index is 4.13. The maximum Gasteiger partial charge on any atom is 0.141 e. The molecule has 1 fully saturated rings. The van der Waals surface area contributed by atoms with Crippen molar-refractivity contribution in [2.24, 2.45) is 5.92 Å². The standard InChI is InChI=1S/C10H18N4/c1-7(5-9-3-4-9)13-8(2)10-11-6-12-14-10/h6-9,13H,3-5H2,1-2H3,(H,11,12,14). The number of nitrogens with one attached hydrogen (secondary N) is 2. The van der Waals surface area contributed by atoms with Crippen molar-refractivity contribution in [1.82, 2.24) is 20.5 Å². The number of hydrogen-bond donors (Lipinski definition) is 2. The van der Waals surface area contributed by atoms with Crippen LogP contribution < -0.4 is 5.32 Å². The summed E-state index contributed by atoms with van der Waals surface area (Å²) in [6.07, 6.45) is 5.68. The van der Waals surface area contributed by atoms with Gasteiger partial charge in [0.2, 0.25) is 0 Å². The van der Waals surface area contributed by atoms with Crippen molar-refractivity contribution in [3.63, 3.8) is 0 Å². The summed E-state index contributed by atoms with van der Waals surface area (Å²) in [5.74, 6) is 1.90. The first-order valence-corrected chi connectivity index (χ1v) is 5.37. The van der Waals surface area contributed by atoms with Crippen LogP contribution in [0.5, 0.6) is 0 Å². The van der Waals surface area contributed by atoms with Gasteiger partial charge in [0, 0.05) is 6.04 Å². The first-order valence-electron chi connectivity index (χ1n) is 5.37. The lowest BCUT2D eigenvalue weighted by atomic mass is 10.1. The first-order chi connectivity index (χ1) is 6.75. The fourth-order valence-electron chi connectivity index (χ4n) is 1.85. The van der Waals surface area contributed by atoms with Gasteiger partial charge in [0.25, 0.3) is 0 Å². The van der Waals surface area contributed by atoms with Crippen molar-refractivity contribution < 1.29 is 0 Å². The van der Waals surface area contributed by atoms with Crippen molar-refractivity contribution in [2.75, 3.05) is 0 Å². The van der Waals surface area contributed by atoms with Gasteiger partial charge in [-0.2, -0.15) is 5.10 Å². The summed E-state index contributed by atoms with van der Waals surface area (Å²) in [7, 11) is 0. The molecule has 0 aromatic carbocycles. The van der Waals surface area contributed by atoms with Gasteiger partial charge in [0.15, 0.2) is 0 Å². The van der Waals surface area contributed by atoms with Crippen LogP contribution in [-0.2, 0) is 0 Å². The third-order valence-corrected chi connectivity index (χ3v) is 2.76. The molecule has 0 radical (unpaired) electrons. The van der Waals surface area contributed by atoms with Gasteiger partial charge in [0.05, 0.1) is 6.04 Å². The molecule has 4 heteroatoms. The Balaban J connectivity index is 1.78. The van der Waals surface area contributed by atoms with E-state index in [9.17, 15) is 0 Å². The lowest BCUT2D eigenvalue weighted by molar-refractivity contribution is 0.428. The van der Waals surface area contributed by atoms with E-state index in [2.05, 4.69) is 34.3 Å². The molecule has 1 saturated carbocycles. The van der Waals surface area contributed by atoms with E-state index in [4.69, 9.17) is 0 Å². The zero-order chi connectivity index (χ0) is 9.97. The van der Waals surface area contributed by atoms with Crippen molar-refractivity contribution in [1.29, 1.82) is 0 Å². The Morgan fingerprint density at radius 3 is 2.93 bits per heavy atom. The monoisotopic (exact) mass is 194 g/mol. The molecule has 78 valence electrons. The molecule has 1 aliphatic carbocycles. The minimum atomic E-state index is 0.270. The van der Waals surface area contributed by atoms with Crippen LogP contribution in [0.2, 0.25) is 0 Å². The molecule has 1 heterocycles. The summed E-state index contributed by atoms with van der Waals surface area (Å²) >= 11 is 0. The fraction of sp³-hybridized carbons (Fsp3) is 0.800. The summed E-state index contributed by atoms with van der Waals surface area (Å²) in [5.41, 5.74) is 0. The maximum atomic E-state index is 4.13. The second-order valence-electron chi connectivity index (χ2n) is 4.34. The third-order valence-electron chi connectivity index (χ3n) is 2.76. The van der Waals surface area contributed by atoms with Crippen molar-refractivity contribution in [3.05, 3.63) is 12.2 Å². The van der Waals surface area contributed by atoms with Crippen LogP contribution in [0.4, 0.5) is 0 Å². The minimum Gasteiger partial charge on any atom is -0.305 e. The van der Waals surface area contributed by atoms with Gasteiger partial charge in [-0.15, -0.1) is 0 Å². The van der Waals surface area contributed by atoms with E-state index >= 15 is 0 Å². The molecular formula is C10H18N4. The minimum absolute atomic E-state index is 0.270. The van der Waals surface area contributed by atoms with Crippen LogP contribution in [0.25, 0.3) is 0 Å². The first kappa shape index (κ1) is 9.65. The summed E-state index contributed by atoms with van der Waals surface area (Å²) in [4.78, 5) is 4.13. The number of rotatable bonds is 5. The predicted molar refractivity (Wildman–Crippen MR) is 54.7 cm³/mol. The number of H-pyrrole nitrogens is 1. The Hall–Kier alpha value is -0.900. The highest BCUT2D eigenvalue weighted by molar-refractivity contribution is 4.90. The van der Waals surface area contributed by atoms with Gasteiger partial charge in [-0.3, -0.25) is 5.10 Å². The normalized spacial score (nSPS) is 20.7. The van der Waals surface area contributed by atoms with Crippen LogP contribution >= 0.6 is 0 Å². The van der Waals surface area contributed by atoms with E-state index in [0.29, 0.717) is 6.04 Å². The van der Waals surface area contributed by atoms with E-state index < -0.39 is 0 Å². The zero-order valence-electron chi connectivity index (χ0n) is 8.83. The van der Waals surface area contributed by atoms with Crippen LogP contribution in [0.1, 0.15) is 45.0 Å². The molecule has 1 aromatic rings. The summed E-state index contributed by atoms with van der Waals surface area (Å²) in [6, 6.07) is 0.842. The quantitative estimate of drug-likeness (QED) is 0.749. The highest BCUT2D eigenvalue weighted by Crippen LogP contribution is 2.33. The Kier molecular flexibility index (Phi) is 2.82. The van der Waals surface area contributed by atoms with Gasteiger partial charge >= 0.3 is 0 Å². The molecule has 14 heavy (non-hydrogen) atoms. The predicted octanol–water partition coefficient (Wildman–Crippen LogP) is 1.64. The van der Waals surface area contributed by atoms with E-state index in [1.54, 1.807) is 6.33 Å². The topological polar surface area (TPSA) is 53.6 Å². The molecule has 2 atom stereocenters. The molecule has 2 unspecified atom stereocenters. The molecule has 1 aromatic heterocycles. The lowest BCUT2D eigenvalue weighted by Gasteiger charge is -2.17. The Morgan fingerprint density at radius 2 is 2.36 bits per heavy atom. The molecule has 1 aliphatic rings. The van der Waals surface area contributed by atoms with E-state index in [0.717, 1.165) is 11.7 Å². The summed E-state index contributed by atoms with van der Waals surface area (Å²) < 4.78 is 0. The Morgan fingerprint density at radius 1 is 1.57 bits per heavy atom. The molecule has 2 rings (SSSR count). The molecule has 0 saturated heterocycles. The molecule has 4 nitrogen and oxygen atoms in total. The largest absolute Gasteiger partial charge is 0.305 e. The summed E-state index contributed by atoms with van der Waals surface area (Å²) in [6.45, 7) is 4.36. The van der Waals surface area contributed by atoms with E-state index in [-0.39, 0.29) is 6.04 Å². The van der Waals surface area contributed by atoms with Crippen molar-refractivity contribution in [2.45, 2.75) is 45.2 Å². The highest BCUT2D eigenvalue weighted by Gasteiger charge is 2.24. The molecule has 0 bridgehead atoms. The lowest BCUT2D eigenvalue weighted by Crippen LogP contribution is -2.29. The number of aromatic nitrogens is 3. The fourth-order valence-corrected chi connectivity index (χ4v) is 1.85. The van der Waals surface area contributed by atoms with Gasteiger partial charge in [-0.25, -0.2) is 4.98 Å². The Bertz CT molecular complexity index is 266. The van der Waals surface area contributed by atoms with E-state index in [1.165, 1.54) is 19.3 Å². The van der Waals surface area contributed by atoms with Crippen LogP contribution in [0.15, 0.2) is 6.33 Å². The van der Waals surface area contributed by atoms with E-state index in [1.807, 2.05) is 0 Å². The zero-order valence-corrected chi connectivity index (χ0v) is 8.83. The molecule has 0 amide bonds. The number of nitrogens with zero attached hydrogens (tertiary/aromatic N) is 2. The summed E-state index contributed by atoms with van der Waals surface area (Å²) in [5, 5.41) is 10.3. The SMILES string of the molecule is CC(CC1CC1)NC(C)c1ncn[nH]1. The average molecular weight is 194 g/mol. The second kappa shape index (κ2) is 4.09. The van der Waals surface area contributed by atoms with Crippen LogP contribution in [0, 0.1) is 5.92 Å². The smallest absolute Gasteiger partial charge is 0.141 e. The molecule has 0 aliphatic heterocycles. The average Bonchev–Trinajstić information content (AvgIpc) is 2.80. The van der Waals surface area contributed by atoms with Crippen LogP contribution in [-0.4, -0.2) is 21.2 Å². The van der Waals surface area contributed by atoms with Gasteiger partial charge < -0.3 is 5.32 Å². The molecular weight excluding hydrogens is 176 g/mol. The third kappa shape index (κ3) is 2.54. The van der Waals surface area contributed by atoms with Crippen molar-refractivity contribution >= 4 is 0 Å². The second-order valence-corrected chi connectivity index (χ2v) is 4.34. The molecule has 0 spiro atoms. The van der Waals surface area contributed by atoms with Crippen molar-refractivity contribution in [3.8, 4) is 0 Å². The van der Waals surface area contributed by atoms with Gasteiger partial charge in [-0.05, 0) is 26.2 Å². The van der Waals surface area contributed by atoms with Gasteiger partial charge in [0.1, 0.15) is 12.2 Å². The molecule has 2 N–H and O–H groups in total. The Labute approximate surface area is 84.5 Å². The highest BCUT2D eigenvalue weighted by atomic mass is 15.2. The van der Waals surface area contributed by atoms with Gasteiger partial charge in [-0.1, -0.05) is 12.8 Å².